The molecule has 1 radical (unpaired) electrons. The SMILES string of the molecule is CC1=C(N)C[C](N)C=C1. The molecule has 1 aliphatic carbocycles. The molecule has 0 saturated carbocycles. The van der Waals surface area contributed by atoms with Gasteiger partial charge in [0.15, 0.2) is 0 Å². The molecule has 1 aliphatic rings. The van der Waals surface area contributed by atoms with Crippen molar-refractivity contribution in [1.29, 1.82) is 0 Å². The number of nitrogens with two attached hydrogens (primary N) is 2. The first-order valence-corrected chi connectivity index (χ1v) is 2.95. The number of hydrogen-bond acceptors (Lipinski definition) is 2. The molecule has 0 unspecified atom stereocenters. The van der Waals surface area contributed by atoms with Gasteiger partial charge in [0.05, 0.1) is 6.04 Å². The molecule has 0 aliphatic heterocycles. The van der Waals surface area contributed by atoms with Gasteiger partial charge in [-0.15, -0.1) is 0 Å². The van der Waals surface area contributed by atoms with Gasteiger partial charge in [-0.05, 0) is 12.5 Å². The second-order valence-corrected chi connectivity index (χ2v) is 2.29. The van der Waals surface area contributed by atoms with Crippen molar-refractivity contribution in [2.45, 2.75) is 13.3 Å². The van der Waals surface area contributed by atoms with Crippen molar-refractivity contribution in [3.63, 3.8) is 0 Å². The Morgan fingerprint density at radius 1 is 1.33 bits per heavy atom. The first-order valence-electron chi connectivity index (χ1n) is 2.95. The fourth-order valence-corrected chi connectivity index (χ4v) is 0.757. The van der Waals surface area contributed by atoms with Crippen LogP contribution in [0.1, 0.15) is 13.3 Å². The average Bonchev–Trinajstić information content (AvgIpc) is 1.80. The summed E-state index contributed by atoms with van der Waals surface area (Å²) in [6.45, 7) is 1.98. The number of hydrogen-bond donors (Lipinski definition) is 2. The van der Waals surface area contributed by atoms with Crippen LogP contribution in [0.25, 0.3) is 0 Å². The Morgan fingerprint density at radius 2 is 2.00 bits per heavy atom. The molecular weight excluding hydrogens is 112 g/mol. The molecule has 0 aromatic rings. The highest BCUT2D eigenvalue weighted by molar-refractivity contribution is 5.33. The zero-order valence-electron chi connectivity index (χ0n) is 5.52. The summed E-state index contributed by atoms with van der Waals surface area (Å²) >= 11 is 0. The van der Waals surface area contributed by atoms with Gasteiger partial charge in [0.1, 0.15) is 0 Å². The van der Waals surface area contributed by atoms with E-state index in [1.165, 1.54) is 0 Å². The predicted octanol–water partition coefficient (Wildman–Crippen LogP) is 0.670. The molecule has 9 heavy (non-hydrogen) atoms. The summed E-state index contributed by atoms with van der Waals surface area (Å²) in [7, 11) is 0. The van der Waals surface area contributed by atoms with E-state index >= 15 is 0 Å². The van der Waals surface area contributed by atoms with Crippen LogP contribution < -0.4 is 11.5 Å². The van der Waals surface area contributed by atoms with Gasteiger partial charge in [0, 0.05) is 12.1 Å². The highest BCUT2D eigenvalue weighted by Gasteiger charge is 2.06. The molecule has 0 saturated heterocycles. The van der Waals surface area contributed by atoms with Gasteiger partial charge in [-0.1, -0.05) is 12.2 Å². The van der Waals surface area contributed by atoms with Crippen LogP contribution in [0.2, 0.25) is 0 Å². The molecule has 0 aromatic carbocycles. The maximum Gasteiger partial charge on any atom is 0.0620 e. The lowest BCUT2D eigenvalue weighted by molar-refractivity contribution is 0.921. The average molecular weight is 123 g/mol. The van der Waals surface area contributed by atoms with Gasteiger partial charge in [-0.25, -0.2) is 0 Å². The summed E-state index contributed by atoms with van der Waals surface area (Å²) in [4.78, 5) is 0. The van der Waals surface area contributed by atoms with Gasteiger partial charge in [0.25, 0.3) is 0 Å². The third-order valence-electron chi connectivity index (χ3n) is 1.45. The topological polar surface area (TPSA) is 52.0 Å². The van der Waals surface area contributed by atoms with Crippen LogP contribution >= 0.6 is 0 Å². The van der Waals surface area contributed by atoms with E-state index in [9.17, 15) is 0 Å². The van der Waals surface area contributed by atoms with E-state index in [1.807, 2.05) is 19.1 Å². The van der Waals surface area contributed by atoms with E-state index in [1.54, 1.807) is 0 Å². The minimum Gasteiger partial charge on any atom is -0.402 e. The van der Waals surface area contributed by atoms with Crippen molar-refractivity contribution >= 4 is 0 Å². The first kappa shape index (κ1) is 6.36. The molecule has 0 aromatic heterocycles. The summed E-state index contributed by atoms with van der Waals surface area (Å²) in [5.74, 6) is 0. The van der Waals surface area contributed by atoms with Crippen LogP contribution in [-0.4, -0.2) is 0 Å². The largest absolute Gasteiger partial charge is 0.402 e. The van der Waals surface area contributed by atoms with Crippen LogP contribution in [-0.2, 0) is 0 Å². The number of allylic oxidation sites excluding steroid dienone is 2. The lowest BCUT2D eigenvalue weighted by atomic mass is 10.0. The lowest BCUT2D eigenvalue weighted by Crippen LogP contribution is -2.15. The molecule has 49 valence electrons. The van der Waals surface area contributed by atoms with Gasteiger partial charge in [0.2, 0.25) is 0 Å². The van der Waals surface area contributed by atoms with Gasteiger partial charge in [-0.2, -0.15) is 0 Å². The number of rotatable bonds is 0. The fourth-order valence-electron chi connectivity index (χ4n) is 0.757. The zero-order chi connectivity index (χ0) is 6.85. The van der Waals surface area contributed by atoms with E-state index in [4.69, 9.17) is 11.5 Å². The van der Waals surface area contributed by atoms with Crippen molar-refractivity contribution in [3.05, 3.63) is 29.5 Å². The Balaban J connectivity index is 2.75. The second kappa shape index (κ2) is 2.23. The Labute approximate surface area is 55.2 Å². The van der Waals surface area contributed by atoms with E-state index in [2.05, 4.69) is 0 Å². The molecule has 0 atom stereocenters. The molecule has 2 nitrogen and oxygen atoms in total. The highest BCUT2D eigenvalue weighted by atomic mass is 14.7. The first-order chi connectivity index (χ1) is 4.20. The van der Waals surface area contributed by atoms with Crippen LogP contribution in [0.5, 0.6) is 0 Å². The maximum atomic E-state index is 5.60. The fraction of sp³-hybridized carbons (Fsp3) is 0.286. The molecule has 0 heterocycles. The Bertz CT molecular complexity index is 168. The monoisotopic (exact) mass is 123 g/mol. The Morgan fingerprint density at radius 3 is 2.44 bits per heavy atom. The minimum absolute atomic E-state index is 0.725. The molecule has 0 spiro atoms. The summed E-state index contributed by atoms with van der Waals surface area (Å²) < 4.78 is 0. The van der Waals surface area contributed by atoms with Crippen molar-refractivity contribution in [3.8, 4) is 0 Å². The van der Waals surface area contributed by atoms with Gasteiger partial charge < -0.3 is 11.5 Å². The molecule has 0 fully saturated rings. The molecule has 0 amide bonds. The quantitative estimate of drug-likeness (QED) is 0.497. The van der Waals surface area contributed by atoms with Crippen LogP contribution in [0.4, 0.5) is 0 Å². The summed E-state index contributed by atoms with van der Waals surface area (Å²) in [5, 5.41) is 0. The van der Waals surface area contributed by atoms with Crippen molar-refractivity contribution in [2.75, 3.05) is 0 Å². The molecule has 2 heteroatoms. The Kier molecular flexibility index (Phi) is 1.58. The molecule has 4 N–H and O–H groups in total. The van der Waals surface area contributed by atoms with Crippen molar-refractivity contribution < 1.29 is 0 Å². The summed E-state index contributed by atoms with van der Waals surface area (Å²) in [5.41, 5.74) is 13.1. The Hall–Kier alpha value is -0.760. The van der Waals surface area contributed by atoms with E-state index in [0.717, 1.165) is 23.7 Å². The second-order valence-electron chi connectivity index (χ2n) is 2.29. The molecular formula is C7H11N2. The zero-order valence-corrected chi connectivity index (χ0v) is 5.52. The summed E-state index contributed by atoms with van der Waals surface area (Å²) in [6, 6.07) is 0.845. The maximum absolute atomic E-state index is 5.60. The summed E-state index contributed by atoms with van der Waals surface area (Å²) in [6.07, 6.45) is 4.56. The molecule has 0 bridgehead atoms. The van der Waals surface area contributed by atoms with E-state index in [-0.39, 0.29) is 0 Å². The van der Waals surface area contributed by atoms with Crippen molar-refractivity contribution in [1.82, 2.24) is 0 Å². The predicted molar refractivity (Wildman–Crippen MR) is 38.1 cm³/mol. The third kappa shape index (κ3) is 1.33. The standard InChI is InChI=1S/C7H11N2/c1-5-2-3-6(8)4-7(5)9/h2-3H,4,8-9H2,1H3. The third-order valence-corrected chi connectivity index (χ3v) is 1.45. The van der Waals surface area contributed by atoms with Crippen LogP contribution in [0.15, 0.2) is 23.4 Å². The van der Waals surface area contributed by atoms with Crippen LogP contribution in [0.3, 0.4) is 0 Å². The molecule has 1 rings (SSSR count). The van der Waals surface area contributed by atoms with Gasteiger partial charge in [-0.3, -0.25) is 0 Å². The van der Waals surface area contributed by atoms with E-state index in [0.29, 0.717) is 0 Å². The lowest BCUT2D eigenvalue weighted by Gasteiger charge is -2.12. The van der Waals surface area contributed by atoms with Crippen LogP contribution in [0, 0.1) is 6.04 Å². The minimum atomic E-state index is 0.725. The van der Waals surface area contributed by atoms with E-state index < -0.39 is 0 Å². The normalized spacial score (nSPS) is 21.1. The highest BCUT2D eigenvalue weighted by Crippen LogP contribution is 2.16. The smallest absolute Gasteiger partial charge is 0.0620 e. The van der Waals surface area contributed by atoms with Crippen molar-refractivity contribution in [2.24, 2.45) is 11.5 Å². The van der Waals surface area contributed by atoms with Gasteiger partial charge >= 0.3 is 0 Å².